The first-order chi connectivity index (χ1) is 10.1. The maximum atomic E-state index is 11.7. The summed E-state index contributed by atoms with van der Waals surface area (Å²) < 4.78 is 9.57. The molecule has 1 aromatic rings. The molecule has 1 rings (SSSR count). The molecule has 0 saturated carbocycles. The van der Waals surface area contributed by atoms with E-state index in [9.17, 15) is 14.4 Å². The first kappa shape index (κ1) is 16.9. The van der Waals surface area contributed by atoms with Gasteiger partial charge in [0, 0.05) is 12.5 Å². The first-order valence-corrected chi connectivity index (χ1v) is 7.06. The van der Waals surface area contributed by atoms with Crippen molar-refractivity contribution in [2.75, 3.05) is 12.4 Å². The molecule has 116 valence electrons. The fraction of sp³-hybridized carbons (Fsp3) is 0.533. The third kappa shape index (κ3) is 6.25. The van der Waals surface area contributed by atoms with Gasteiger partial charge in [-0.05, 0) is 12.5 Å². The van der Waals surface area contributed by atoms with Gasteiger partial charge in [0.15, 0.2) is 0 Å². The van der Waals surface area contributed by atoms with E-state index in [1.165, 1.54) is 19.2 Å². The first-order valence-electron chi connectivity index (χ1n) is 7.06. The molecule has 1 N–H and O–H groups in total. The average molecular weight is 295 g/mol. The third-order valence-electron chi connectivity index (χ3n) is 2.92. The molecule has 0 aliphatic heterocycles. The number of methoxy groups -OCH3 is 1. The van der Waals surface area contributed by atoms with Crippen LogP contribution in [0.15, 0.2) is 16.5 Å². The van der Waals surface area contributed by atoms with Gasteiger partial charge >= 0.3 is 5.97 Å². The highest BCUT2D eigenvalue weighted by Gasteiger charge is 2.14. The Hall–Kier alpha value is -2.11. The van der Waals surface area contributed by atoms with E-state index >= 15 is 0 Å². The summed E-state index contributed by atoms with van der Waals surface area (Å²) in [7, 11) is 1.24. The highest BCUT2D eigenvalue weighted by atomic mass is 16.5. The Labute approximate surface area is 123 Å². The molecular formula is C15H21NO5. The van der Waals surface area contributed by atoms with E-state index in [2.05, 4.69) is 17.0 Å². The molecular weight excluding hydrogens is 274 g/mol. The van der Waals surface area contributed by atoms with Crippen LogP contribution >= 0.6 is 0 Å². The van der Waals surface area contributed by atoms with Gasteiger partial charge in [-0.2, -0.15) is 0 Å². The molecule has 0 bridgehead atoms. The van der Waals surface area contributed by atoms with Crippen molar-refractivity contribution in [3.05, 3.63) is 17.9 Å². The summed E-state index contributed by atoms with van der Waals surface area (Å²) in [6, 6.07) is 2.84. The number of furan rings is 1. The zero-order valence-electron chi connectivity index (χ0n) is 12.4. The lowest BCUT2D eigenvalue weighted by molar-refractivity contribution is -0.125. The molecule has 1 heterocycles. The maximum absolute atomic E-state index is 11.7. The number of Topliss-reactive ketones (excluding diaryl/α,β-unsaturated/α-hetero) is 1. The van der Waals surface area contributed by atoms with Gasteiger partial charge in [0.05, 0.1) is 13.5 Å². The summed E-state index contributed by atoms with van der Waals surface area (Å²) in [5.41, 5.74) is 0. The maximum Gasteiger partial charge on any atom is 0.374 e. The van der Waals surface area contributed by atoms with E-state index in [1.54, 1.807) is 0 Å². The number of amides is 1. The van der Waals surface area contributed by atoms with Crippen molar-refractivity contribution < 1.29 is 23.5 Å². The number of unbranched alkanes of at least 4 members (excludes halogenated alkanes) is 3. The molecule has 6 nitrogen and oxygen atoms in total. The summed E-state index contributed by atoms with van der Waals surface area (Å²) in [4.78, 5) is 34.4. The largest absolute Gasteiger partial charge is 0.463 e. The molecule has 0 aliphatic rings. The fourth-order valence-electron chi connectivity index (χ4n) is 1.81. The second kappa shape index (κ2) is 8.94. The van der Waals surface area contributed by atoms with Crippen LogP contribution in [-0.2, 0) is 14.3 Å². The molecule has 0 atom stereocenters. The van der Waals surface area contributed by atoms with Crippen LogP contribution in [0.2, 0.25) is 0 Å². The smallest absolute Gasteiger partial charge is 0.374 e. The number of anilines is 1. The number of hydrogen-bond acceptors (Lipinski definition) is 5. The van der Waals surface area contributed by atoms with Crippen molar-refractivity contribution in [1.29, 1.82) is 0 Å². The fourth-order valence-corrected chi connectivity index (χ4v) is 1.81. The zero-order chi connectivity index (χ0) is 15.7. The van der Waals surface area contributed by atoms with Crippen LogP contribution in [0.3, 0.4) is 0 Å². The van der Waals surface area contributed by atoms with Crippen LogP contribution in [0.25, 0.3) is 0 Å². The van der Waals surface area contributed by atoms with Gasteiger partial charge in [0.2, 0.25) is 17.6 Å². The van der Waals surface area contributed by atoms with Gasteiger partial charge in [-0.15, -0.1) is 0 Å². The Morgan fingerprint density at radius 2 is 1.95 bits per heavy atom. The SMILES string of the molecule is CCCCCCC(=O)CC(=O)Nc1ccc(C(=O)OC)o1. The highest BCUT2D eigenvalue weighted by molar-refractivity contribution is 6.03. The molecule has 0 spiro atoms. The summed E-state index contributed by atoms with van der Waals surface area (Å²) >= 11 is 0. The lowest BCUT2D eigenvalue weighted by Gasteiger charge is -2.02. The minimum absolute atomic E-state index is 0.00121. The van der Waals surface area contributed by atoms with E-state index < -0.39 is 11.9 Å². The van der Waals surface area contributed by atoms with Gasteiger partial charge in [0.25, 0.3) is 0 Å². The number of rotatable bonds is 9. The topological polar surface area (TPSA) is 85.6 Å². The van der Waals surface area contributed by atoms with Crippen LogP contribution in [0.1, 0.15) is 56.0 Å². The second-order valence-electron chi connectivity index (χ2n) is 4.73. The van der Waals surface area contributed by atoms with Gasteiger partial charge < -0.3 is 9.15 Å². The number of esters is 1. The van der Waals surface area contributed by atoms with E-state index in [-0.39, 0.29) is 23.8 Å². The highest BCUT2D eigenvalue weighted by Crippen LogP contribution is 2.14. The molecule has 0 aromatic carbocycles. The van der Waals surface area contributed by atoms with Crippen LogP contribution in [0.4, 0.5) is 5.88 Å². The summed E-state index contributed by atoms with van der Waals surface area (Å²) in [5.74, 6) is -1.04. The van der Waals surface area contributed by atoms with Gasteiger partial charge in [-0.1, -0.05) is 26.2 Å². The van der Waals surface area contributed by atoms with E-state index in [0.717, 1.165) is 25.7 Å². The van der Waals surface area contributed by atoms with Crippen molar-refractivity contribution in [2.24, 2.45) is 0 Å². The van der Waals surface area contributed by atoms with Crippen molar-refractivity contribution in [2.45, 2.75) is 45.4 Å². The Morgan fingerprint density at radius 1 is 1.19 bits per heavy atom. The molecule has 21 heavy (non-hydrogen) atoms. The van der Waals surface area contributed by atoms with Crippen LogP contribution in [0.5, 0.6) is 0 Å². The molecule has 0 unspecified atom stereocenters. The quantitative estimate of drug-likeness (QED) is 0.430. The van der Waals surface area contributed by atoms with Crippen LogP contribution in [-0.4, -0.2) is 24.8 Å². The number of nitrogens with one attached hydrogen (secondary N) is 1. The molecule has 1 amide bonds. The molecule has 0 saturated heterocycles. The lowest BCUT2D eigenvalue weighted by atomic mass is 10.1. The van der Waals surface area contributed by atoms with Gasteiger partial charge in [0.1, 0.15) is 5.78 Å². The Morgan fingerprint density at radius 3 is 2.62 bits per heavy atom. The zero-order valence-corrected chi connectivity index (χ0v) is 12.4. The molecule has 1 aromatic heterocycles. The van der Waals surface area contributed by atoms with Crippen LogP contribution < -0.4 is 5.32 Å². The summed E-state index contributed by atoms with van der Waals surface area (Å²) in [6.07, 6.45) is 4.26. The third-order valence-corrected chi connectivity index (χ3v) is 2.92. The number of ether oxygens (including phenoxy) is 1. The van der Waals surface area contributed by atoms with E-state index in [0.29, 0.717) is 6.42 Å². The summed E-state index contributed by atoms with van der Waals surface area (Å²) in [6.45, 7) is 2.10. The molecule has 0 radical (unpaired) electrons. The van der Waals surface area contributed by atoms with Crippen molar-refractivity contribution in [1.82, 2.24) is 0 Å². The van der Waals surface area contributed by atoms with Gasteiger partial charge in [-0.3, -0.25) is 14.9 Å². The van der Waals surface area contributed by atoms with E-state index in [1.807, 2.05) is 0 Å². The lowest BCUT2D eigenvalue weighted by Crippen LogP contribution is -2.16. The van der Waals surface area contributed by atoms with Gasteiger partial charge in [-0.25, -0.2) is 4.79 Å². The summed E-state index contributed by atoms with van der Waals surface area (Å²) in [5, 5.41) is 2.44. The predicted molar refractivity (Wildman–Crippen MR) is 77.1 cm³/mol. The minimum atomic E-state index is -0.623. The Kier molecular flexibility index (Phi) is 7.21. The molecule has 0 aliphatic carbocycles. The van der Waals surface area contributed by atoms with Crippen molar-refractivity contribution in [3.8, 4) is 0 Å². The minimum Gasteiger partial charge on any atom is -0.463 e. The van der Waals surface area contributed by atoms with Crippen molar-refractivity contribution >= 4 is 23.5 Å². The molecule has 0 fully saturated rings. The second-order valence-corrected chi connectivity index (χ2v) is 4.73. The Bertz CT molecular complexity index is 492. The number of carbonyl (C=O) groups is 3. The molecule has 6 heteroatoms. The van der Waals surface area contributed by atoms with Crippen LogP contribution in [0, 0.1) is 0 Å². The standard InChI is InChI=1S/C15H21NO5/c1-3-4-5-6-7-11(17)10-13(18)16-14-9-8-12(21-14)15(19)20-2/h8-9H,3-7,10H2,1-2H3,(H,16,18). The normalized spacial score (nSPS) is 10.2. The Balaban J connectivity index is 2.34. The average Bonchev–Trinajstić information content (AvgIpc) is 2.91. The number of carbonyl (C=O) groups excluding carboxylic acids is 3. The van der Waals surface area contributed by atoms with Crippen molar-refractivity contribution in [3.63, 3.8) is 0 Å². The number of hydrogen-bond donors (Lipinski definition) is 1. The van der Waals surface area contributed by atoms with E-state index in [4.69, 9.17) is 4.42 Å². The monoisotopic (exact) mass is 295 g/mol. The predicted octanol–water partition coefficient (Wildman–Crippen LogP) is 2.93. The number of ketones is 1.